The molecule has 2 saturated carbocycles. The molecule has 3 nitrogen and oxygen atoms in total. The Labute approximate surface area is 118 Å². The summed E-state index contributed by atoms with van der Waals surface area (Å²) in [5, 5.41) is 13.5. The summed E-state index contributed by atoms with van der Waals surface area (Å²) in [5.41, 5.74) is 0. The predicted octanol–water partition coefficient (Wildman–Crippen LogP) is 2.86. The van der Waals surface area contributed by atoms with E-state index in [1.54, 1.807) is 0 Å². The molecule has 2 aliphatic carbocycles. The molecule has 3 heteroatoms. The van der Waals surface area contributed by atoms with Gasteiger partial charge in [-0.05, 0) is 38.5 Å². The van der Waals surface area contributed by atoms with Crippen molar-refractivity contribution in [2.45, 2.75) is 83.0 Å². The van der Waals surface area contributed by atoms with Crippen LogP contribution >= 0.6 is 0 Å². The molecule has 0 amide bonds. The first-order valence-electron chi connectivity index (χ1n) is 8.28. The average Bonchev–Trinajstić information content (AvgIpc) is 2.96. The van der Waals surface area contributed by atoms with Gasteiger partial charge in [-0.15, -0.1) is 0 Å². The van der Waals surface area contributed by atoms with E-state index >= 15 is 0 Å². The lowest BCUT2D eigenvalue weighted by molar-refractivity contribution is -0.00681. The summed E-state index contributed by atoms with van der Waals surface area (Å²) in [4.78, 5) is 0. The number of nitrogens with one attached hydrogen (secondary N) is 1. The van der Waals surface area contributed by atoms with Crippen molar-refractivity contribution in [3.8, 4) is 0 Å². The maximum absolute atomic E-state index is 9.97. The van der Waals surface area contributed by atoms with Crippen LogP contribution in [0.3, 0.4) is 0 Å². The molecule has 2 rings (SSSR count). The largest absolute Gasteiger partial charge is 0.389 e. The van der Waals surface area contributed by atoms with Gasteiger partial charge in [0, 0.05) is 12.6 Å². The van der Waals surface area contributed by atoms with Crippen LogP contribution in [-0.2, 0) is 4.74 Å². The van der Waals surface area contributed by atoms with E-state index in [9.17, 15) is 5.11 Å². The molecule has 0 aromatic carbocycles. The fraction of sp³-hybridized carbons (Fsp3) is 1.00. The van der Waals surface area contributed by atoms with Gasteiger partial charge in [0.05, 0.1) is 18.8 Å². The third kappa shape index (κ3) is 5.41. The Morgan fingerprint density at radius 3 is 2.37 bits per heavy atom. The van der Waals surface area contributed by atoms with Crippen molar-refractivity contribution in [1.82, 2.24) is 5.32 Å². The minimum Gasteiger partial charge on any atom is -0.389 e. The van der Waals surface area contributed by atoms with Crippen LogP contribution in [0.4, 0.5) is 0 Å². The zero-order valence-electron chi connectivity index (χ0n) is 12.4. The van der Waals surface area contributed by atoms with Crippen LogP contribution in [0.25, 0.3) is 0 Å². The highest BCUT2D eigenvalue weighted by atomic mass is 16.5. The molecule has 2 N–H and O–H groups in total. The standard InChI is InChI=1S/C16H31NO2/c1-13(14-7-3-2-4-8-14)17-11-15(18)12-19-16-9-5-6-10-16/h13-18H,2-12H2,1H3/t13-,15?/m1/s1. The highest BCUT2D eigenvalue weighted by Gasteiger charge is 2.21. The first kappa shape index (κ1) is 15.3. The maximum Gasteiger partial charge on any atom is 0.0897 e. The Morgan fingerprint density at radius 1 is 1.05 bits per heavy atom. The first-order valence-corrected chi connectivity index (χ1v) is 8.28. The van der Waals surface area contributed by atoms with E-state index in [0.29, 0.717) is 25.3 Å². The number of aliphatic hydroxyl groups excluding tert-OH is 1. The van der Waals surface area contributed by atoms with Crippen molar-refractivity contribution in [2.75, 3.05) is 13.2 Å². The van der Waals surface area contributed by atoms with Crippen molar-refractivity contribution in [2.24, 2.45) is 5.92 Å². The lowest BCUT2D eigenvalue weighted by Gasteiger charge is -2.29. The maximum atomic E-state index is 9.97. The molecule has 0 radical (unpaired) electrons. The number of hydrogen-bond acceptors (Lipinski definition) is 3. The van der Waals surface area contributed by atoms with Gasteiger partial charge in [0.1, 0.15) is 0 Å². The summed E-state index contributed by atoms with van der Waals surface area (Å²) in [6.07, 6.45) is 11.9. The van der Waals surface area contributed by atoms with Crippen LogP contribution in [0.1, 0.15) is 64.7 Å². The minimum absolute atomic E-state index is 0.355. The Kier molecular flexibility index (Phi) is 6.62. The second kappa shape index (κ2) is 8.23. The Morgan fingerprint density at radius 2 is 1.68 bits per heavy atom. The quantitative estimate of drug-likeness (QED) is 0.747. The summed E-state index contributed by atoms with van der Waals surface area (Å²) in [6, 6.07) is 0.529. The van der Waals surface area contributed by atoms with Crippen LogP contribution in [-0.4, -0.2) is 36.5 Å². The minimum atomic E-state index is -0.355. The predicted molar refractivity (Wildman–Crippen MR) is 78.3 cm³/mol. The monoisotopic (exact) mass is 269 g/mol. The van der Waals surface area contributed by atoms with E-state index in [1.165, 1.54) is 57.8 Å². The van der Waals surface area contributed by atoms with Crippen LogP contribution in [0.15, 0.2) is 0 Å². The van der Waals surface area contributed by atoms with Crippen molar-refractivity contribution in [1.29, 1.82) is 0 Å². The molecule has 2 atom stereocenters. The van der Waals surface area contributed by atoms with E-state index < -0.39 is 0 Å². The molecule has 0 aromatic heterocycles. The molecule has 0 bridgehead atoms. The van der Waals surface area contributed by atoms with Crippen LogP contribution in [0.2, 0.25) is 0 Å². The number of aliphatic hydroxyl groups is 1. The van der Waals surface area contributed by atoms with Crippen molar-refractivity contribution < 1.29 is 9.84 Å². The van der Waals surface area contributed by atoms with Crippen LogP contribution in [0, 0.1) is 5.92 Å². The number of ether oxygens (including phenoxy) is 1. The summed E-state index contributed by atoms with van der Waals surface area (Å²) in [6.45, 7) is 3.43. The Hall–Kier alpha value is -0.120. The molecule has 2 aliphatic rings. The second-order valence-electron chi connectivity index (χ2n) is 6.49. The molecule has 0 heterocycles. The molecule has 2 fully saturated rings. The van der Waals surface area contributed by atoms with Crippen molar-refractivity contribution >= 4 is 0 Å². The topological polar surface area (TPSA) is 41.5 Å². The summed E-state index contributed by atoms with van der Waals surface area (Å²) >= 11 is 0. The lowest BCUT2D eigenvalue weighted by Crippen LogP contribution is -2.40. The van der Waals surface area contributed by atoms with E-state index in [1.807, 2.05) is 0 Å². The molecular formula is C16H31NO2. The number of rotatable bonds is 7. The van der Waals surface area contributed by atoms with Gasteiger partial charge in [-0.25, -0.2) is 0 Å². The Balaban J connectivity index is 1.55. The fourth-order valence-corrected chi connectivity index (χ4v) is 3.48. The normalized spacial score (nSPS) is 25.6. The molecule has 0 aliphatic heterocycles. The molecule has 0 spiro atoms. The molecule has 112 valence electrons. The summed E-state index contributed by atoms with van der Waals surface area (Å²) < 4.78 is 5.75. The molecule has 1 unspecified atom stereocenters. The molecular weight excluding hydrogens is 238 g/mol. The van der Waals surface area contributed by atoms with Gasteiger partial charge in [-0.3, -0.25) is 0 Å². The zero-order valence-corrected chi connectivity index (χ0v) is 12.4. The SMILES string of the molecule is C[C@@H](NCC(O)COC1CCCC1)C1CCCCC1. The van der Waals surface area contributed by atoms with Crippen LogP contribution < -0.4 is 5.32 Å². The van der Waals surface area contributed by atoms with Gasteiger partial charge in [0.15, 0.2) is 0 Å². The van der Waals surface area contributed by atoms with Gasteiger partial charge in [-0.1, -0.05) is 32.1 Å². The average molecular weight is 269 g/mol. The van der Waals surface area contributed by atoms with Crippen LogP contribution in [0.5, 0.6) is 0 Å². The van der Waals surface area contributed by atoms with E-state index in [2.05, 4.69) is 12.2 Å². The van der Waals surface area contributed by atoms with Gasteiger partial charge < -0.3 is 15.2 Å². The fourth-order valence-electron chi connectivity index (χ4n) is 3.48. The smallest absolute Gasteiger partial charge is 0.0897 e. The van der Waals surface area contributed by atoms with Crippen molar-refractivity contribution in [3.05, 3.63) is 0 Å². The highest BCUT2D eigenvalue weighted by Crippen LogP contribution is 2.26. The third-order valence-electron chi connectivity index (χ3n) is 4.86. The summed E-state index contributed by atoms with van der Waals surface area (Å²) in [7, 11) is 0. The molecule has 0 aromatic rings. The van der Waals surface area contributed by atoms with E-state index in [0.717, 1.165) is 5.92 Å². The van der Waals surface area contributed by atoms with E-state index in [-0.39, 0.29) is 6.10 Å². The Bertz CT molecular complexity index is 235. The van der Waals surface area contributed by atoms with Crippen molar-refractivity contribution in [3.63, 3.8) is 0 Å². The zero-order chi connectivity index (χ0) is 13.5. The first-order chi connectivity index (χ1) is 9.25. The lowest BCUT2D eigenvalue weighted by atomic mass is 9.84. The molecule has 0 saturated heterocycles. The van der Waals surface area contributed by atoms with Gasteiger partial charge in [-0.2, -0.15) is 0 Å². The van der Waals surface area contributed by atoms with Gasteiger partial charge in [0.25, 0.3) is 0 Å². The second-order valence-corrected chi connectivity index (χ2v) is 6.49. The summed E-state index contributed by atoms with van der Waals surface area (Å²) in [5.74, 6) is 0.803. The highest BCUT2D eigenvalue weighted by molar-refractivity contribution is 4.77. The number of hydrogen-bond donors (Lipinski definition) is 2. The van der Waals surface area contributed by atoms with Gasteiger partial charge >= 0.3 is 0 Å². The molecule has 19 heavy (non-hydrogen) atoms. The van der Waals surface area contributed by atoms with Gasteiger partial charge in [0.2, 0.25) is 0 Å². The van der Waals surface area contributed by atoms with E-state index in [4.69, 9.17) is 4.74 Å². The third-order valence-corrected chi connectivity index (χ3v) is 4.86.